The third-order valence-corrected chi connectivity index (χ3v) is 1.62. The Kier molecular flexibility index (Phi) is 3.86. The topological polar surface area (TPSA) is 42.4 Å². The van der Waals surface area contributed by atoms with Crippen molar-refractivity contribution < 1.29 is 9.84 Å². The molecule has 0 bridgehead atoms. The number of rotatable bonds is 4. The molecule has 0 radical (unpaired) electrons. The van der Waals surface area contributed by atoms with E-state index in [9.17, 15) is 5.11 Å². The first-order valence-electron chi connectivity index (χ1n) is 4.40. The van der Waals surface area contributed by atoms with Crippen LogP contribution in [0.15, 0.2) is 24.4 Å². The van der Waals surface area contributed by atoms with Crippen molar-refractivity contribution in [3.63, 3.8) is 0 Å². The molecule has 0 spiro atoms. The highest BCUT2D eigenvalue weighted by Gasteiger charge is 2.08. The Balaban J connectivity index is 2.44. The number of hydrogen-bond donors (Lipinski definition) is 1. The molecule has 13 heavy (non-hydrogen) atoms. The van der Waals surface area contributed by atoms with Crippen molar-refractivity contribution in [2.75, 3.05) is 6.61 Å². The molecule has 1 atom stereocenters. The largest absolute Gasteiger partial charge is 0.384 e. The van der Waals surface area contributed by atoms with Gasteiger partial charge in [0.2, 0.25) is 0 Å². The zero-order chi connectivity index (χ0) is 9.68. The Morgan fingerprint density at radius 3 is 2.77 bits per heavy atom. The van der Waals surface area contributed by atoms with E-state index in [0.29, 0.717) is 12.3 Å². The van der Waals surface area contributed by atoms with Gasteiger partial charge in [-0.05, 0) is 26.0 Å². The number of hydrogen-bond acceptors (Lipinski definition) is 3. The third kappa shape index (κ3) is 3.53. The maximum absolute atomic E-state index is 9.58. The van der Waals surface area contributed by atoms with Gasteiger partial charge in [-0.3, -0.25) is 4.98 Å². The molecule has 0 aliphatic carbocycles. The van der Waals surface area contributed by atoms with Crippen molar-refractivity contribution in [2.24, 2.45) is 0 Å². The predicted octanol–water partition coefficient (Wildman–Crippen LogP) is 1.54. The monoisotopic (exact) mass is 181 g/mol. The summed E-state index contributed by atoms with van der Waals surface area (Å²) in [5, 5.41) is 9.58. The summed E-state index contributed by atoms with van der Waals surface area (Å²) in [5.41, 5.74) is 0.656. The van der Waals surface area contributed by atoms with Gasteiger partial charge in [0.15, 0.2) is 0 Å². The van der Waals surface area contributed by atoms with Gasteiger partial charge >= 0.3 is 0 Å². The highest BCUT2D eigenvalue weighted by Crippen LogP contribution is 2.09. The molecule has 1 aromatic heterocycles. The SMILES string of the molecule is CC(C)OCC(O)c1ccccn1. The van der Waals surface area contributed by atoms with Crippen LogP contribution in [0.2, 0.25) is 0 Å². The summed E-state index contributed by atoms with van der Waals surface area (Å²) < 4.78 is 5.27. The van der Waals surface area contributed by atoms with Crippen LogP contribution in [-0.4, -0.2) is 22.8 Å². The predicted molar refractivity (Wildman–Crippen MR) is 50.3 cm³/mol. The highest BCUT2D eigenvalue weighted by molar-refractivity contribution is 5.06. The average Bonchev–Trinajstić information content (AvgIpc) is 2.15. The summed E-state index contributed by atoms with van der Waals surface area (Å²) in [6.45, 7) is 4.17. The van der Waals surface area contributed by atoms with E-state index in [2.05, 4.69) is 4.98 Å². The van der Waals surface area contributed by atoms with Gasteiger partial charge in [-0.25, -0.2) is 0 Å². The van der Waals surface area contributed by atoms with Crippen LogP contribution < -0.4 is 0 Å². The number of ether oxygens (including phenoxy) is 1. The molecule has 0 aliphatic heterocycles. The lowest BCUT2D eigenvalue weighted by molar-refractivity contribution is 0.00327. The average molecular weight is 181 g/mol. The van der Waals surface area contributed by atoms with E-state index in [1.54, 1.807) is 12.3 Å². The van der Waals surface area contributed by atoms with E-state index in [0.717, 1.165) is 0 Å². The van der Waals surface area contributed by atoms with Crippen LogP contribution in [0.1, 0.15) is 25.6 Å². The van der Waals surface area contributed by atoms with Crippen LogP contribution in [0.4, 0.5) is 0 Å². The molecule has 0 saturated heterocycles. The summed E-state index contributed by atoms with van der Waals surface area (Å²) in [6, 6.07) is 5.45. The van der Waals surface area contributed by atoms with Crippen molar-refractivity contribution in [3.05, 3.63) is 30.1 Å². The summed E-state index contributed by atoms with van der Waals surface area (Å²) >= 11 is 0. The molecular weight excluding hydrogens is 166 g/mol. The minimum atomic E-state index is -0.622. The van der Waals surface area contributed by atoms with Crippen molar-refractivity contribution in [3.8, 4) is 0 Å². The molecule has 1 unspecified atom stereocenters. The zero-order valence-electron chi connectivity index (χ0n) is 7.97. The van der Waals surface area contributed by atoms with Gasteiger partial charge in [-0.1, -0.05) is 6.07 Å². The number of nitrogens with zero attached hydrogens (tertiary/aromatic N) is 1. The lowest BCUT2D eigenvalue weighted by Crippen LogP contribution is -2.12. The number of aliphatic hydroxyl groups excluding tert-OH is 1. The molecule has 1 N–H and O–H groups in total. The fourth-order valence-electron chi connectivity index (χ4n) is 0.942. The van der Waals surface area contributed by atoms with Gasteiger partial charge in [0.1, 0.15) is 6.10 Å². The molecule has 3 heteroatoms. The molecule has 0 aliphatic rings. The molecule has 0 aromatic carbocycles. The fourth-order valence-corrected chi connectivity index (χ4v) is 0.942. The zero-order valence-corrected chi connectivity index (χ0v) is 7.97. The minimum absolute atomic E-state index is 0.137. The van der Waals surface area contributed by atoms with Crippen molar-refractivity contribution >= 4 is 0 Å². The van der Waals surface area contributed by atoms with Crippen molar-refractivity contribution in [2.45, 2.75) is 26.1 Å². The quantitative estimate of drug-likeness (QED) is 0.766. The number of aliphatic hydroxyl groups is 1. The standard InChI is InChI=1S/C10H15NO2/c1-8(2)13-7-10(12)9-5-3-4-6-11-9/h3-6,8,10,12H,7H2,1-2H3. The summed E-state index contributed by atoms with van der Waals surface area (Å²) in [6.07, 6.45) is 1.18. The summed E-state index contributed by atoms with van der Waals surface area (Å²) in [4.78, 5) is 4.03. The Morgan fingerprint density at radius 2 is 2.23 bits per heavy atom. The van der Waals surface area contributed by atoms with Crippen LogP contribution in [-0.2, 0) is 4.74 Å². The van der Waals surface area contributed by atoms with Gasteiger partial charge in [0, 0.05) is 6.20 Å². The molecule has 0 saturated carbocycles. The fraction of sp³-hybridized carbons (Fsp3) is 0.500. The van der Waals surface area contributed by atoms with E-state index in [1.165, 1.54) is 0 Å². The van der Waals surface area contributed by atoms with Gasteiger partial charge in [0.25, 0.3) is 0 Å². The second-order valence-electron chi connectivity index (χ2n) is 3.15. The summed E-state index contributed by atoms with van der Waals surface area (Å²) in [7, 11) is 0. The Morgan fingerprint density at radius 1 is 1.46 bits per heavy atom. The van der Waals surface area contributed by atoms with E-state index >= 15 is 0 Å². The second-order valence-corrected chi connectivity index (χ2v) is 3.15. The van der Waals surface area contributed by atoms with Gasteiger partial charge in [0.05, 0.1) is 18.4 Å². The molecule has 1 heterocycles. The van der Waals surface area contributed by atoms with Gasteiger partial charge < -0.3 is 9.84 Å². The van der Waals surface area contributed by atoms with E-state index < -0.39 is 6.10 Å². The van der Waals surface area contributed by atoms with E-state index in [1.807, 2.05) is 26.0 Å². The first kappa shape index (κ1) is 10.2. The van der Waals surface area contributed by atoms with E-state index in [-0.39, 0.29) is 6.10 Å². The Hall–Kier alpha value is -0.930. The first-order chi connectivity index (χ1) is 6.20. The normalized spacial score (nSPS) is 13.2. The van der Waals surface area contributed by atoms with Gasteiger partial charge in [-0.2, -0.15) is 0 Å². The third-order valence-electron chi connectivity index (χ3n) is 1.62. The Bertz CT molecular complexity index is 236. The van der Waals surface area contributed by atoms with E-state index in [4.69, 9.17) is 4.74 Å². The van der Waals surface area contributed by atoms with Crippen LogP contribution >= 0.6 is 0 Å². The molecule has 1 aromatic rings. The first-order valence-corrected chi connectivity index (χ1v) is 4.40. The maximum Gasteiger partial charge on any atom is 0.119 e. The van der Waals surface area contributed by atoms with Crippen molar-refractivity contribution in [1.82, 2.24) is 4.98 Å². The lowest BCUT2D eigenvalue weighted by Gasteiger charge is -2.12. The van der Waals surface area contributed by atoms with Gasteiger partial charge in [-0.15, -0.1) is 0 Å². The minimum Gasteiger partial charge on any atom is -0.384 e. The molecule has 0 amide bonds. The second kappa shape index (κ2) is 4.94. The van der Waals surface area contributed by atoms with Crippen LogP contribution in [0, 0.1) is 0 Å². The van der Waals surface area contributed by atoms with Crippen LogP contribution in [0.5, 0.6) is 0 Å². The molecule has 3 nitrogen and oxygen atoms in total. The molecular formula is C10H15NO2. The molecule has 0 fully saturated rings. The lowest BCUT2D eigenvalue weighted by atomic mass is 10.2. The van der Waals surface area contributed by atoms with Crippen LogP contribution in [0.25, 0.3) is 0 Å². The number of aromatic nitrogens is 1. The Labute approximate surface area is 78.4 Å². The molecule has 72 valence electrons. The van der Waals surface area contributed by atoms with Crippen LogP contribution in [0.3, 0.4) is 0 Å². The van der Waals surface area contributed by atoms with Crippen molar-refractivity contribution in [1.29, 1.82) is 0 Å². The maximum atomic E-state index is 9.58. The molecule has 1 rings (SSSR count). The highest BCUT2D eigenvalue weighted by atomic mass is 16.5. The summed E-state index contributed by atoms with van der Waals surface area (Å²) in [5.74, 6) is 0. The smallest absolute Gasteiger partial charge is 0.119 e. The number of pyridine rings is 1.